The maximum atomic E-state index is 13.1. The molecule has 0 atom stereocenters. The van der Waals surface area contributed by atoms with Gasteiger partial charge < -0.3 is 14.8 Å². The van der Waals surface area contributed by atoms with Crippen molar-refractivity contribution in [3.8, 4) is 11.5 Å². The largest absolute Gasteiger partial charge is 0.493 e. The molecule has 0 spiro atoms. The average Bonchev–Trinajstić information content (AvgIpc) is 3.04. The Morgan fingerprint density at radius 3 is 2.59 bits per heavy atom. The number of benzene rings is 3. The van der Waals surface area contributed by atoms with Crippen LogP contribution in [0.3, 0.4) is 0 Å². The van der Waals surface area contributed by atoms with Gasteiger partial charge in [-0.2, -0.15) is 0 Å². The van der Waals surface area contributed by atoms with Crippen LogP contribution in [0.4, 0.5) is 10.1 Å². The van der Waals surface area contributed by atoms with Crippen molar-refractivity contribution in [1.29, 1.82) is 0 Å². The molecule has 1 heterocycles. The number of methoxy groups -OCH3 is 1. The molecule has 29 heavy (non-hydrogen) atoms. The number of ether oxygens (including phenoxy) is 2. The van der Waals surface area contributed by atoms with Crippen LogP contribution in [0.15, 0.2) is 65.1 Å². The fourth-order valence-corrected chi connectivity index (χ4v) is 3.55. The Labute approximate surface area is 176 Å². The number of halogens is 2. The second-order valence-electron chi connectivity index (χ2n) is 6.50. The lowest BCUT2D eigenvalue weighted by Crippen LogP contribution is -2.03. The van der Waals surface area contributed by atoms with Gasteiger partial charge in [0.15, 0.2) is 11.5 Å². The standard InChI is InChI=1S/C23H17BrFNO3/c1-28-21-11-15(10-18-17-4-2-3-5-20(17)26-23(18)27)19(24)12-22(21)29-13-14-6-8-16(25)9-7-14/h2-12H,13H2,1H3,(H,26,27)/b18-10+. The molecule has 4 rings (SSSR count). The van der Waals surface area contributed by atoms with Gasteiger partial charge in [0.1, 0.15) is 12.4 Å². The highest BCUT2D eigenvalue weighted by atomic mass is 79.9. The number of carbonyl (C=O) groups excluding carboxylic acids is 1. The second-order valence-corrected chi connectivity index (χ2v) is 7.35. The lowest BCUT2D eigenvalue weighted by Gasteiger charge is -2.13. The molecule has 4 nitrogen and oxygen atoms in total. The third-order valence-corrected chi connectivity index (χ3v) is 5.29. The summed E-state index contributed by atoms with van der Waals surface area (Å²) in [6, 6.07) is 17.3. The van der Waals surface area contributed by atoms with Gasteiger partial charge in [0.05, 0.1) is 7.11 Å². The van der Waals surface area contributed by atoms with E-state index < -0.39 is 0 Å². The van der Waals surface area contributed by atoms with Gasteiger partial charge in [-0.15, -0.1) is 0 Å². The molecule has 0 fully saturated rings. The average molecular weight is 454 g/mol. The van der Waals surface area contributed by atoms with Crippen LogP contribution in [-0.2, 0) is 11.4 Å². The predicted octanol–water partition coefficient (Wildman–Crippen LogP) is 5.67. The van der Waals surface area contributed by atoms with Crippen molar-refractivity contribution in [2.45, 2.75) is 6.61 Å². The van der Waals surface area contributed by atoms with Crippen LogP contribution < -0.4 is 14.8 Å². The first-order chi connectivity index (χ1) is 14.0. The lowest BCUT2D eigenvalue weighted by molar-refractivity contribution is -0.110. The first-order valence-electron chi connectivity index (χ1n) is 8.92. The van der Waals surface area contributed by atoms with E-state index in [1.54, 1.807) is 25.3 Å². The summed E-state index contributed by atoms with van der Waals surface area (Å²) in [5.41, 5.74) is 3.88. The summed E-state index contributed by atoms with van der Waals surface area (Å²) in [5.74, 6) is 0.647. The van der Waals surface area contributed by atoms with Crippen LogP contribution in [-0.4, -0.2) is 13.0 Å². The quantitative estimate of drug-likeness (QED) is 0.506. The molecular formula is C23H17BrFNO3. The van der Waals surface area contributed by atoms with Gasteiger partial charge in [0.25, 0.3) is 5.91 Å². The fraction of sp³-hybridized carbons (Fsp3) is 0.0870. The molecule has 1 aliphatic rings. The van der Waals surface area contributed by atoms with Gasteiger partial charge in [0.2, 0.25) is 0 Å². The summed E-state index contributed by atoms with van der Waals surface area (Å²) >= 11 is 3.55. The summed E-state index contributed by atoms with van der Waals surface area (Å²) in [7, 11) is 1.56. The number of amides is 1. The second kappa shape index (κ2) is 8.09. The first-order valence-corrected chi connectivity index (χ1v) is 9.71. The van der Waals surface area contributed by atoms with Gasteiger partial charge >= 0.3 is 0 Å². The molecule has 1 amide bonds. The summed E-state index contributed by atoms with van der Waals surface area (Å²) in [6.45, 7) is 0.277. The van der Waals surface area contributed by atoms with Crippen LogP contribution in [0, 0.1) is 5.82 Å². The maximum Gasteiger partial charge on any atom is 0.256 e. The Kier molecular flexibility index (Phi) is 5.36. The molecule has 0 aliphatic carbocycles. The monoisotopic (exact) mass is 453 g/mol. The van der Waals surface area contributed by atoms with Gasteiger partial charge in [-0.25, -0.2) is 4.39 Å². The number of nitrogens with one attached hydrogen (secondary N) is 1. The van der Waals surface area contributed by atoms with Crippen LogP contribution in [0.2, 0.25) is 0 Å². The van der Waals surface area contributed by atoms with E-state index in [4.69, 9.17) is 9.47 Å². The minimum Gasteiger partial charge on any atom is -0.493 e. The van der Waals surface area contributed by atoms with Crippen molar-refractivity contribution in [3.63, 3.8) is 0 Å². The Morgan fingerprint density at radius 1 is 1.07 bits per heavy atom. The minimum absolute atomic E-state index is 0.145. The molecule has 0 saturated carbocycles. The molecular weight excluding hydrogens is 437 g/mol. The summed E-state index contributed by atoms with van der Waals surface area (Å²) in [6.07, 6.45) is 1.82. The van der Waals surface area contributed by atoms with Crippen molar-refractivity contribution in [1.82, 2.24) is 0 Å². The summed E-state index contributed by atoms with van der Waals surface area (Å²) in [4.78, 5) is 12.4. The number of hydrogen-bond acceptors (Lipinski definition) is 3. The normalized spacial score (nSPS) is 13.9. The van der Waals surface area contributed by atoms with Crippen LogP contribution in [0.5, 0.6) is 11.5 Å². The number of carbonyl (C=O) groups is 1. The molecule has 0 bridgehead atoms. The Bertz CT molecular complexity index is 1110. The summed E-state index contributed by atoms with van der Waals surface area (Å²) < 4.78 is 25.1. The highest BCUT2D eigenvalue weighted by Crippen LogP contribution is 2.38. The third-order valence-electron chi connectivity index (χ3n) is 4.60. The number of fused-ring (bicyclic) bond motifs is 1. The molecule has 0 saturated heterocycles. The van der Waals surface area contributed by atoms with Crippen LogP contribution >= 0.6 is 15.9 Å². The highest BCUT2D eigenvalue weighted by Gasteiger charge is 2.24. The molecule has 3 aromatic carbocycles. The Morgan fingerprint density at radius 2 is 1.83 bits per heavy atom. The van der Waals surface area contributed by atoms with Crippen molar-refractivity contribution in [3.05, 3.63) is 87.6 Å². The lowest BCUT2D eigenvalue weighted by atomic mass is 10.0. The van der Waals surface area contributed by atoms with Crippen LogP contribution in [0.25, 0.3) is 11.6 Å². The highest BCUT2D eigenvalue weighted by molar-refractivity contribution is 9.10. The topological polar surface area (TPSA) is 47.6 Å². The minimum atomic E-state index is -0.288. The molecule has 0 aromatic heterocycles. The smallest absolute Gasteiger partial charge is 0.256 e. The SMILES string of the molecule is COc1cc(/C=C2/C(=O)Nc3ccccc32)c(Br)cc1OCc1ccc(F)cc1. The molecule has 3 aromatic rings. The molecule has 0 unspecified atom stereocenters. The third kappa shape index (κ3) is 4.03. The fourth-order valence-electron chi connectivity index (χ4n) is 3.11. The Balaban J connectivity index is 1.63. The molecule has 1 aliphatic heterocycles. The summed E-state index contributed by atoms with van der Waals surface area (Å²) in [5, 5.41) is 2.86. The van der Waals surface area contributed by atoms with Crippen molar-refractivity contribution < 1.29 is 18.7 Å². The van der Waals surface area contributed by atoms with Gasteiger partial charge in [0, 0.05) is 21.3 Å². The zero-order valence-corrected chi connectivity index (χ0v) is 17.1. The maximum absolute atomic E-state index is 13.1. The molecule has 1 N–H and O–H groups in total. The number of para-hydroxylation sites is 1. The van der Waals surface area contributed by atoms with Crippen LogP contribution in [0.1, 0.15) is 16.7 Å². The van der Waals surface area contributed by atoms with Crippen molar-refractivity contribution in [2.24, 2.45) is 0 Å². The number of anilines is 1. The van der Waals surface area contributed by atoms with Gasteiger partial charge in [-0.05, 0) is 47.5 Å². The van der Waals surface area contributed by atoms with E-state index in [-0.39, 0.29) is 18.3 Å². The molecule has 146 valence electrons. The van der Waals surface area contributed by atoms with E-state index in [1.807, 2.05) is 36.4 Å². The number of hydrogen-bond donors (Lipinski definition) is 1. The van der Waals surface area contributed by atoms with Gasteiger partial charge in [-0.3, -0.25) is 4.79 Å². The van der Waals surface area contributed by atoms with E-state index >= 15 is 0 Å². The zero-order valence-electron chi connectivity index (χ0n) is 15.5. The molecule has 6 heteroatoms. The van der Waals surface area contributed by atoms with Crippen molar-refractivity contribution in [2.75, 3.05) is 12.4 Å². The van der Waals surface area contributed by atoms with E-state index in [9.17, 15) is 9.18 Å². The molecule has 0 radical (unpaired) electrons. The predicted molar refractivity (Wildman–Crippen MR) is 114 cm³/mol. The van der Waals surface area contributed by atoms with E-state index in [0.29, 0.717) is 17.1 Å². The van der Waals surface area contributed by atoms with Crippen molar-refractivity contribution >= 4 is 39.2 Å². The van der Waals surface area contributed by atoms with Gasteiger partial charge in [-0.1, -0.05) is 46.3 Å². The van der Waals surface area contributed by atoms with E-state index in [2.05, 4.69) is 21.2 Å². The van der Waals surface area contributed by atoms with E-state index in [1.165, 1.54) is 12.1 Å². The zero-order chi connectivity index (χ0) is 20.4. The number of rotatable bonds is 5. The van der Waals surface area contributed by atoms with E-state index in [0.717, 1.165) is 26.9 Å². The Hall–Kier alpha value is -3.12. The first kappa shape index (κ1) is 19.2.